The van der Waals surface area contributed by atoms with Crippen molar-refractivity contribution in [2.45, 2.75) is 52.0 Å². The number of nitrogens with one attached hydrogen (secondary N) is 1. The average Bonchev–Trinajstić information content (AvgIpc) is 2.63. The highest BCUT2D eigenvalue weighted by Crippen LogP contribution is 2.32. The third kappa shape index (κ3) is 3.50. The third-order valence-corrected chi connectivity index (χ3v) is 4.11. The van der Waals surface area contributed by atoms with E-state index in [9.17, 15) is 0 Å². The first-order valence-electron chi connectivity index (χ1n) is 7.60. The normalized spacial score (nSPS) is 21.3. The topological polar surface area (TPSA) is 15.3 Å². The lowest BCUT2D eigenvalue weighted by Crippen LogP contribution is -2.31. The standard InChI is InChI=1S/C17H28N2/c1-5-14-10-12-19(13-11-18-14)16-9-7-6-8-15(16)17(2,3)4/h6-9,14,18H,5,10-13H2,1-4H3. The molecule has 1 aliphatic heterocycles. The van der Waals surface area contributed by atoms with Crippen molar-refractivity contribution in [3.05, 3.63) is 29.8 Å². The zero-order chi connectivity index (χ0) is 13.9. The summed E-state index contributed by atoms with van der Waals surface area (Å²) >= 11 is 0. The Hall–Kier alpha value is -1.02. The van der Waals surface area contributed by atoms with Crippen LogP contribution in [0.5, 0.6) is 0 Å². The third-order valence-electron chi connectivity index (χ3n) is 4.11. The molecule has 0 spiro atoms. The van der Waals surface area contributed by atoms with Gasteiger partial charge in [-0.2, -0.15) is 0 Å². The van der Waals surface area contributed by atoms with Crippen LogP contribution in [0.25, 0.3) is 0 Å². The van der Waals surface area contributed by atoms with Crippen molar-refractivity contribution in [2.24, 2.45) is 0 Å². The number of para-hydroxylation sites is 1. The summed E-state index contributed by atoms with van der Waals surface area (Å²) in [7, 11) is 0. The summed E-state index contributed by atoms with van der Waals surface area (Å²) in [5.41, 5.74) is 3.10. The Morgan fingerprint density at radius 2 is 1.95 bits per heavy atom. The van der Waals surface area contributed by atoms with E-state index in [1.807, 2.05) is 0 Å². The number of nitrogens with zero attached hydrogens (tertiary/aromatic N) is 1. The predicted octanol–water partition coefficient (Wildman–Crippen LogP) is 3.56. The van der Waals surface area contributed by atoms with Gasteiger partial charge in [-0.1, -0.05) is 45.9 Å². The molecule has 0 amide bonds. The van der Waals surface area contributed by atoms with Crippen molar-refractivity contribution >= 4 is 5.69 Å². The summed E-state index contributed by atoms with van der Waals surface area (Å²) < 4.78 is 0. The number of hydrogen-bond acceptors (Lipinski definition) is 2. The molecular weight excluding hydrogens is 232 g/mol. The molecule has 106 valence electrons. The zero-order valence-corrected chi connectivity index (χ0v) is 12.9. The van der Waals surface area contributed by atoms with Gasteiger partial charge in [0.25, 0.3) is 0 Å². The van der Waals surface area contributed by atoms with Gasteiger partial charge >= 0.3 is 0 Å². The Morgan fingerprint density at radius 3 is 2.63 bits per heavy atom. The first-order valence-corrected chi connectivity index (χ1v) is 7.60. The lowest BCUT2D eigenvalue weighted by atomic mass is 9.85. The van der Waals surface area contributed by atoms with E-state index < -0.39 is 0 Å². The van der Waals surface area contributed by atoms with E-state index in [1.165, 1.54) is 30.6 Å². The fourth-order valence-corrected chi connectivity index (χ4v) is 2.90. The van der Waals surface area contributed by atoms with Crippen molar-refractivity contribution in [1.29, 1.82) is 0 Å². The smallest absolute Gasteiger partial charge is 0.0404 e. The van der Waals surface area contributed by atoms with Crippen LogP contribution < -0.4 is 10.2 Å². The molecule has 19 heavy (non-hydrogen) atoms. The number of hydrogen-bond donors (Lipinski definition) is 1. The molecular formula is C17H28N2. The molecule has 2 heteroatoms. The zero-order valence-electron chi connectivity index (χ0n) is 12.9. The van der Waals surface area contributed by atoms with Gasteiger partial charge in [-0.3, -0.25) is 0 Å². The van der Waals surface area contributed by atoms with E-state index in [0.29, 0.717) is 6.04 Å². The van der Waals surface area contributed by atoms with Gasteiger partial charge in [0.1, 0.15) is 0 Å². The highest BCUT2D eigenvalue weighted by atomic mass is 15.2. The van der Waals surface area contributed by atoms with E-state index in [4.69, 9.17) is 0 Å². The second kappa shape index (κ2) is 5.96. The quantitative estimate of drug-likeness (QED) is 0.874. The number of benzene rings is 1. The Balaban J connectivity index is 2.22. The molecule has 1 aromatic carbocycles. The van der Waals surface area contributed by atoms with Crippen LogP contribution in [-0.2, 0) is 5.41 Å². The maximum Gasteiger partial charge on any atom is 0.0404 e. The van der Waals surface area contributed by atoms with Crippen molar-refractivity contribution < 1.29 is 0 Å². The van der Waals surface area contributed by atoms with E-state index in [1.54, 1.807) is 0 Å². The van der Waals surface area contributed by atoms with E-state index >= 15 is 0 Å². The Morgan fingerprint density at radius 1 is 1.21 bits per heavy atom. The molecule has 0 aliphatic carbocycles. The Bertz CT molecular complexity index is 406. The molecule has 1 unspecified atom stereocenters. The molecule has 0 bridgehead atoms. The first kappa shape index (κ1) is 14.4. The fraction of sp³-hybridized carbons (Fsp3) is 0.647. The lowest BCUT2D eigenvalue weighted by Gasteiger charge is -2.30. The first-order chi connectivity index (χ1) is 9.02. The molecule has 1 fully saturated rings. The summed E-state index contributed by atoms with van der Waals surface area (Å²) in [6.07, 6.45) is 2.48. The minimum atomic E-state index is 0.209. The Kier molecular flexibility index (Phi) is 4.51. The van der Waals surface area contributed by atoms with Crippen LogP contribution >= 0.6 is 0 Å². The highest BCUT2D eigenvalue weighted by molar-refractivity contribution is 5.56. The number of anilines is 1. The fourth-order valence-electron chi connectivity index (χ4n) is 2.90. The monoisotopic (exact) mass is 260 g/mol. The van der Waals surface area contributed by atoms with Gasteiger partial charge in [0.05, 0.1) is 0 Å². The molecule has 0 aromatic heterocycles. The lowest BCUT2D eigenvalue weighted by molar-refractivity contribution is 0.509. The highest BCUT2D eigenvalue weighted by Gasteiger charge is 2.22. The van der Waals surface area contributed by atoms with Crippen LogP contribution in [0.15, 0.2) is 24.3 Å². The SMILES string of the molecule is CCC1CCN(c2ccccc2C(C)(C)C)CCN1. The predicted molar refractivity (Wildman–Crippen MR) is 84.1 cm³/mol. The second-order valence-corrected chi connectivity index (χ2v) is 6.60. The molecule has 0 radical (unpaired) electrons. The average molecular weight is 260 g/mol. The largest absolute Gasteiger partial charge is 0.370 e. The van der Waals surface area contributed by atoms with E-state index in [0.717, 1.165) is 13.1 Å². The van der Waals surface area contributed by atoms with Crippen LogP contribution in [0.3, 0.4) is 0 Å². The molecule has 1 atom stereocenters. The van der Waals surface area contributed by atoms with Crippen molar-refractivity contribution in [3.8, 4) is 0 Å². The molecule has 2 rings (SSSR count). The van der Waals surface area contributed by atoms with Crippen LogP contribution in [0.2, 0.25) is 0 Å². The van der Waals surface area contributed by atoms with Crippen LogP contribution in [0, 0.1) is 0 Å². The van der Waals surface area contributed by atoms with Crippen molar-refractivity contribution in [3.63, 3.8) is 0 Å². The van der Waals surface area contributed by atoms with E-state index in [2.05, 4.69) is 62.2 Å². The van der Waals surface area contributed by atoms with Gasteiger partial charge in [0.15, 0.2) is 0 Å². The summed E-state index contributed by atoms with van der Waals surface area (Å²) in [6, 6.07) is 9.58. The number of rotatable bonds is 2. The molecule has 1 aliphatic rings. The van der Waals surface area contributed by atoms with Crippen LogP contribution in [-0.4, -0.2) is 25.7 Å². The summed E-state index contributed by atoms with van der Waals surface area (Å²) in [5.74, 6) is 0. The van der Waals surface area contributed by atoms with Crippen molar-refractivity contribution in [1.82, 2.24) is 5.32 Å². The summed E-state index contributed by atoms with van der Waals surface area (Å²) in [5, 5.41) is 3.65. The van der Waals surface area contributed by atoms with Gasteiger partial charge in [0, 0.05) is 31.4 Å². The molecule has 2 nitrogen and oxygen atoms in total. The van der Waals surface area contributed by atoms with Crippen molar-refractivity contribution in [2.75, 3.05) is 24.5 Å². The van der Waals surface area contributed by atoms with Gasteiger partial charge in [-0.05, 0) is 29.9 Å². The Labute approximate surface area is 118 Å². The molecule has 1 N–H and O–H groups in total. The van der Waals surface area contributed by atoms with Crippen LogP contribution in [0.4, 0.5) is 5.69 Å². The molecule has 0 saturated carbocycles. The second-order valence-electron chi connectivity index (χ2n) is 6.60. The molecule has 1 saturated heterocycles. The van der Waals surface area contributed by atoms with Gasteiger partial charge in [-0.25, -0.2) is 0 Å². The maximum atomic E-state index is 3.65. The minimum absolute atomic E-state index is 0.209. The van der Waals surface area contributed by atoms with Gasteiger partial charge in [0.2, 0.25) is 0 Å². The van der Waals surface area contributed by atoms with Gasteiger partial charge in [-0.15, -0.1) is 0 Å². The molecule has 1 aromatic rings. The van der Waals surface area contributed by atoms with Crippen LogP contribution in [0.1, 0.15) is 46.1 Å². The van der Waals surface area contributed by atoms with E-state index in [-0.39, 0.29) is 5.41 Å². The minimum Gasteiger partial charge on any atom is -0.370 e. The maximum absolute atomic E-state index is 3.65. The molecule has 1 heterocycles. The summed E-state index contributed by atoms with van der Waals surface area (Å²) in [4.78, 5) is 2.56. The summed E-state index contributed by atoms with van der Waals surface area (Å²) in [6.45, 7) is 12.6. The van der Waals surface area contributed by atoms with Gasteiger partial charge < -0.3 is 10.2 Å².